The average molecular weight is 338 g/mol. The molecule has 4 rings (SSSR count). The summed E-state index contributed by atoms with van der Waals surface area (Å²) in [6, 6.07) is 14.0. The smallest absolute Gasteiger partial charge is 0.231 e. The van der Waals surface area contributed by atoms with Crippen molar-refractivity contribution in [3.8, 4) is 22.6 Å². The Balaban J connectivity index is 1.46. The van der Waals surface area contributed by atoms with Gasteiger partial charge in [0.05, 0.1) is 6.21 Å². The molecule has 0 atom stereocenters. The number of ether oxygens (including phenoxy) is 2. The van der Waals surface area contributed by atoms with Gasteiger partial charge in [0.1, 0.15) is 5.82 Å². The van der Waals surface area contributed by atoms with Crippen LogP contribution in [0.5, 0.6) is 11.5 Å². The second-order valence-corrected chi connectivity index (χ2v) is 6.00. The number of hydrazone groups is 1. The molecule has 0 spiro atoms. The van der Waals surface area contributed by atoms with Gasteiger partial charge >= 0.3 is 0 Å². The molecule has 2 aromatic carbocycles. The third-order valence-electron chi connectivity index (χ3n) is 3.51. The lowest BCUT2D eigenvalue weighted by molar-refractivity contribution is 0.174. The Labute approximate surface area is 142 Å². The number of nitrogens with two attached hydrogens (primary N) is 1. The normalized spacial score (nSPS) is 12.7. The number of benzene rings is 2. The van der Waals surface area contributed by atoms with Gasteiger partial charge in [0.2, 0.25) is 11.9 Å². The van der Waals surface area contributed by atoms with Gasteiger partial charge in [0.15, 0.2) is 11.5 Å². The SMILES string of the molecule is Nc1csc(NN=Cc2ccc(-c3ccc4c(c3)OCO4)cc2)n1. The first kappa shape index (κ1) is 14.5. The molecule has 1 aliphatic heterocycles. The molecule has 0 bridgehead atoms. The van der Waals surface area contributed by atoms with E-state index < -0.39 is 0 Å². The molecule has 1 aliphatic rings. The molecule has 0 fully saturated rings. The third-order valence-corrected chi connectivity index (χ3v) is 4.28. The minimum Gasteiger partial charge on any atom is -0.454 e. The fraction of sp³-hybridized carbons (Fsp3) is 0.0588. The van der Waals surface area contributed by atoms with E-state index in [4.69, 9.17) is 15.2 Å². The zero-order valence-electron chi connectivity index (χ0n) is 12.6. The summed E-state index contributed by atoms with van der Waals surface area (Å²) in [4.78, 5) is 4.07. The van der Waals surface area contributed by atoms with E-state index in [0.717, 1.165) is 28.2 Å². The van der Waals surface area contributed by atoms with Crippen molar-refractivity contribution < 1.29 is 9.47 Å². The maximum atomic E-state index is 5.56. The molecule has 120 valence electrons. The van der Waals surface area contributed by atoms with E-state index in [1.54, 1.807) is 11.6 Å². The lowest BCUT2D eigenvalue weighted by Crippen LogP contribution is -1.92. The molecule has 6 nitrogen and oxygen atoms in total. The number of thiazole rings is 1. The van der Waals surface area contributed by atoms with Crippen LogP contribution in [0, 0.1) is 0 Å². The molecular formula is C17H14N4O2S. The Morgan fingerprint density at radius 2 is 1.88 bits per heavy atom. The van der Waals surface area contributed by atoms with E-state index in [9.17, 15) is 0 Å². The Morgan fingerprint density at radius 3 is 2.67 bits per heavy atom. The van der Waals surface area contributed by atoms with Crippen LogP contribution in [0.3, 0.4) is 0 Å². The van der Waals surface area contributed by atoms with Crippen LogP contribution in [0.25, 0.3) is 11.1 Å². The topological polar surface area (TPSA) is 81.8 Å². The highest BCUT2D eigenvalue weighted by atomic mass is 32.1. The van der Waals surface area contributed by atoms with Gasteiger partial charge in [-0.05, 0) is 28.8 Å². The summed E-state index contributed by atoms with van der Waals surface area (Å²) in [7, 11) is 0. The summed E-state index contributed by atoms with van der Waals surface area (Å²) >= 11 is 1.41. The van der Waals surface area contributed by atoms with Crippen molar-refractivity contribution in [2.24, 2.45) is 5.10 Å². The summed E-state index contributed by atoms with van der Waals surface area (Å²) in [6.45, 7) is 0.284. The van der Waals surface area contributed by atoms with Gasteiger partial charge < -0.3 is 15.2 Å². The maximum Gasteiger partial charge on any atom is 0.231 e. The quantitative estimate of drug-likeness (QED) is 0.561. The van der Waals surface area contributed by atoms with Gasteiger partial charge in [-0.3, -0.25) is 5.43 Å². The first-order valence-electron chi connectivity index (χ1n) is 7.28. The molecule has 0 saturated heterocycles. The largest absolute Gasteiger partial charge is 0.454 e. The number of nitrogens with zero attached hydrogens (tertiary/aromatic N) is 2. The predicted octanol–water partition coefficient (Wildman–Crippen LogP) is 3.57. The standard InChI is InChI=1S/C17H14N4O2S/c18-16-9-24-17(20-16)21-19-8-11-1-3-12(4-2-11)13-5-6-14-15(7-13)23-10-22-14/h1-9H,10,18H2,(H,20,21). The van der Waals surface area contributed by atoms with E-state index in [2.05, 4.69) is 15.5 Å². The summed E-state index contributed by atoms with van der Waals surface area (Å²) < 4.78 is 10.7. The van der Waals surface area contributed by atoms with E-state index in [1.165, 1.54) is 11.3 Å². The van der Waals surface area contributed by atoms with E-state index in [-0.39, 0.29) is 6.79 Å². The monoisotopic (exact) mass is 338 g/mol. The molecule has 24 heavy (non-hydrogen) atoms. The van der Waals surface area contributed by atoms with Crippen molar-refractivity contribution in [1.29, 1.82) is 0 Å². The van der Waals surface area contributed by atoms with Gasteiger partial charge in [0.25, 0.3) is 0 Å². The Kier molecular flexibility index (Phi) is 3.76. The van der Waals surface area contributed by atoms with E-state index >= 15 is 0 Å². The molecule has 3 aromatic rings. The summed E-state index contributed by atoms with van der Waals surface area (Å²) in [5.74, 6) is 2.06. The molecule has 0 radical (unpaired) electrons. The van der Waals surface area contributed by atoms with Crippen LogP contribution in [-0.4, -0.2) is 18.0 Å². The minimum absolute atomic E-state index is 0.284. The minimum atomic E-state index is 0.284. The zero-order valence-corrected chi connectivity index (χ0v) is 13.4. The number of anilines is 2. The fourth-order valence-corrected chi connectivity index (χ4v) is 2.89. The average Bonchev–Trinajstić information content (AvgIpc) is 3.23. The molecule has 0 saturated carbocycles. The number of fused-ring (bicyclic) bond motifs is 1. The number of hydrogen-bond acceptors (Lipinski definition) is 7. The van der Waals surface area contributed by atoms with Crippen LogP contribution < -0.4 is 20.6 Å². The molecular weight excluding hydrogens is 324 g/mol. The van der Waals surface area contributed by atoms with Crippen molar-refractivity contribution in [1.82, 2.24) is 4.98 Å². The van der Waals surface area contributed by atoms with Gasteiger partial charge in [0, 0.05) is 5.38 Å². The molecule has 0 unspecified atom stereocenters. The van der Waals surface area contributed by atoms with Gasteiger partial charge in [-0.25, -0.2) is 4.98 Å². The summed E-state index contributed by atoms with van der Waals surface area (Å²) in [5, 5.41) is 6.58. The van der Waals surface area contributed by atoms with E-state index in [1.807, 2.05) is 42.5 Å². The molecule has 3 N–H and O–H groups in total. The number of hydrogen-bond donors (Lipinski definition) is 2. The molecule has 2 heterocycles. The Hall–Kier alpha value is -3.06. The highest BCUT2D eigenvalue weighted by Crippen LogP contribution is 2.35. The van der Waals surface area contributed by atoms with Crippen molar-refractivity contribution in [3.63, 3.8) is 0 Å². The van der Waals surface area contributed by atoms with Crippen molar-refractivity contribution >= 4 is 28.5 Å². The number of rotatable bonds is 4. The molecule has 0 aliphatic carbocycles. The number of aromatic nitrogens is 1. The van der Waals surface area contributed by atoms with Gasteiger partial charge in [-0.1, -0.05) is 30.3 Å². The van der Waals surface area contributed by atoms with Crippen LogP contribution in [0.15, 0.2) is 52.9 Å². The van der Waals surface area contributed by atoms with Crippen LogP contribution >= 0.6 is 11.3 Å². The Morgan fingerprint density at radius 1 is 1.08 bits per heavy atom. The number of nitrogen functional groups attached to an aromatic ring is 1. The lowest BCUT2D eigenvalue weighted by atomic mass is 10.0. The predicted molar refractivity (Wildman–Crippen MR) is 95.7 cm³/mol. The lowest BCUT2D eigenvalue weighted by Gasteiger charge is -2.04. The summed E-state index contributed by atoms with van der Waals surface area (Å²) in [6.07, 6.45) is 1.74. The number of nitrogens with one attached hydrogen (secondary N) is 1. The van der Waals surface area contributed by atoms with Crippen LogP contribution in [0.2, 0.25) is 0 Å². The first-order valence-corrected chi connectivity index (χ1v) is 8.16. The Bertz CT molecular complexity index is 890. The highest BCUT2D eigenvalue weighted by molar-refractivity contribution is 7.14. The maximum absolute atomic E-state index is 5.56. The van der Waals surface area contributed by atoms with Crippen molar-refractivity contribution in [2.45, 2.75) is 0 Å². The van der Waals surface area contributed by atoms with E-state index in [0.29, 0.717) is 10.9 Å². The molecule has 7 heteroatoms. The van der Waals surface area contributed by atoms with Crippen LogP contribution in [-0.2, 0) is 0 Å². The van der Waals surface area contributed by atoms with Crippen LogP contribution in [0.1, 0.15) is 5.56 Å². The fourth-order valence-electron chi connectivity index (χ4n) is 2.34. The molecule has 0 amide bonds. The zero-order chi connectivity index (χ0) is 16.4. The molecule has 1 aromatic heterocycles. The van der Waals surface area contributed by atoms with Crippen LogP contribution in [0.4, 0.5) is 10.9 Å². The highest BCUT2D eigenvalue weighted by Gasteiger charge is 2.13. The summed E-state index contributed by atoms with van der Waals surface area (Å²) in [5.41, 5.74) is 11.6. The third kappa shape index (κ3) is 3.02. The van der Waals surface area contributed by atoms with Gasteiger partial charge in [-0.2, -0.15) is 5.10 Å². The second-order valence-electron chi connectivity index (χ2n) is 5.14. The van der Waals surface area contributed by atoms with Crippen molar-refractivity contribution in [2.75, 3.05) is 18.0 Å². The van der Waals surface area contributed by atoms with Crippen molar-refractivity contribution in [3.05, 3.63) is 53.4 Å². The second kappa shape index (κ2) is 6.21. The van der Waals surface area contributed by atoms with Gasteiger partial charge in [-0.15, -0.1) is 11.3 Å². The first-order chi connectivity index (χ1) is 11.8.